The van der Waals surface area contributed by atoms with E-state index in [0.29, 0.717) is 11.6 Å². The number of aryl methyl sites for hydroxylation is 1. The van der Waals surface area contributed by atoms with Crippen molar-refractivity contribution < 1.29 is 4.79 Å². The third-order valence-electron chi connectivity index (χ3n) is 2.65. The third kappa shape index (κ3) is 1.91. The number of benzene rings is 1. The lowest BCUT2D eigenvalue weighted by Gasteiger charge is -2.05. The van der Waals surface area contributed by atoms with E-state index in [2.05, 4.69) is 5.32 Å². The zero-order valence-corrected chi connectivity index (χ0v) is 10.0. The molecular weight excluding hydrogens is 224 g/mol. The molecule has 1 heterocycles. The number of nitrogens with one attached hydrogen (secondary N) is 1. The molecule has 84 valence electrons. The molecule has 0 unspecified atom stereocenters. The molecule has 16 heavy (non-hydrogen) atoms. The molecule has 0 atom stereocenters. The second-order valence-corrected chi connectivity index (χ2v) is 4.21. The summed E-state index contributed by atoms with van der Waals surface area (Å²) in [6.45, 7) is 2.33. The van der Waals surface area contributed by atoms with Crippen molar-refractivity contribution in [3.63, 3.8) is 0 Å². The molecule has 2 aromatic rings. The number of amides is 1. The van der Waals surface area contributed by atoms with Crippen LogP contribution in [0.25, 0.3) is 10.9 Å². The average Bonchev–Trinajstić information content (AvgIpc) is 2.61. The minimum atomic E-state index is -0.0184. The Morgan fingerprint density at radius 3 is 2.94 bits per heavy atom. The van der Waals surface area contributed by atoms with Crippen LogP contribution in [0.15, 0.2) is 24.4 Å². The summed E-state index contributed by atoms with van der Waals surface area (Å²) >= 11 is 6.01. The van der Waals surface area contributed by atoms with E-state index in [4.69, 9.17) is 11.6 Å². The van der Waals surface area contributed by atoms with Crippen LogP contribution in [0.3, 0.4) is 0 Å². The van der Waals surface area contributed by atoms with Gasteiger partial charge in [0.15, 0.2) is 0 Å². The second kappa shape index (κ2) is 4.18. The largest absolute Gasteiger partial charge is 0.358 e. The first kappa shape index (κ1) is 11.0. The standard InChI is InChI=1S/C12H13ClN2O/c1-8-5-9(13)6-11-10(8)3-4-15(11)7-12(16)14-2/h3-6H,7H2,1-2H3,(H,14,16). The summed E-state index contributed by atoms with van der Waals surface area (Å²) in [6.07, 6.45) is 1.91. The number of likely N-dealkylation sites (N-methyl/N-ethyl adjacent to an activating group) is 1. The minimum absolute atomic E-state index is 0.0184. The summed E-state index contributed by atoms with van der Waals surface area (Å²) in [5, 5.41) is 4.43. The molecule has 0 radical (unpaired) electrons. The van der Waals surface area contributed by atoms with Crippen molar-refractivity contribution >= 4 is 28.4 Å². The summed E-state index contributed by atoms with van der Waals surface area (Å²) in [5.74, 6) is -0.0184. The highest BCUT2D eigenvalue weighted by Crippen LogP contribution is 2.24. The number of rotatable bonds is 2. The Bertz CT molecular complexity index is 545. The fraction of sp³-hybridized carbons (Fsp3) is 0.250. The Labute approximate surface area is 99.0 Å². The molecule has 0 spiro atoms. The average molecular weight is 237 g/mol. The molecule has 1 amide bonds. The smallest absolute Gasteiger partial charge is 0.239 e. The highest BCUT2D eigenvalue weighted by Gasteiger charge is 2.07. The van der Waals surface area contributed by atoms with Gasteiger partial charge in [-0.15, -0.1) is 0 Å². The van der Waals surface area contributed by atoms with Crippen LogP contribution >= 0.6 is 11.6 Å². The zero-order valence-electron chi connectivity index (χ0n) is 9.25. The molecule has 1 aromatic carbocycles. The van der Waals surface area contributed by atoms with Crippen molar-refractivity contribution in [2.75, 3.05) is 7.05 Å². The number of carbonyl (C=O) groups is 1. The molecular formula is C12H13ClN2O. The quantitative estimate of drug-likeness (QED) is 0.853. The summed E-state index contributed by atoms with van der Waals surface area (Å²) < 4.78 is 1.90. The monoisotopic (exact) mass is 236 g/mol. The fourth-order valence-electron chi connectivity index (χ4n) is 1.81. The summed E-state index contributed by atoms with van der Waals surface area (Å²) in [5.41, 5.74) is 2.12. The maximum atomic E-state index is 11.3. The molecule has 0 aliphatic carbocycles. The molecule has 0 bridgehead atoms. The van der Waals surface area contributed by atoms with E-state index in [-0.39, 0.29) is 5.91 Å². The highest BCUT2D eigenvalue weighted by atomic mass is 35.5. The Balaban J connectivity index is 2.51. The third-order valence-corrected chi connectivity index (χ3v) is 2.87. The lowest BCUT2D eigenvalue weighted by Crippen LogP contribution is -2.22. The molecule has 0 saturated carbocycles. The summed E-state index contributed by atoms with van der Waals surface area (Å²) in [4.78, 5) is 11.3. The Morgan fingerprint density at radius 1 is 1.50 bits per heavy atom. The number of hydrogen-bond acceptors (Lipinski definition) is 1. The van der Waals surface area contributed by atoms with Crippen LogP contribution in [0.4, 0.5) is 0 Å². The number of fused-ring (bicyclic) bond motifs is 1. The van der Waals surface area contributed by atoms with Crippen LogP contribution in [-0.4, -0.2) is 17.5 Å². The Kier molecular flexibility index (Phi) is 2.88. The maximum absolute atomic E-state index is 11.3. The van der Waals surface area contributed by atoms with Crippen LogP contribution in [0.1, 0.15) is 5.56 Å². The van der Waals surface area contributed by atoms with E-state index in [1.807, 2.05) is 35.9 Å². The van der Waals surface area contributed by atoms with Gasteiger partial charge >= 0.3 is 0 Å². The number of aromatic nitrogens is 1. The summed E-state index contributed by atoms with van der Waals surface area (Å²) in [7, 11) is 1.63. The number of hydrogen-bond donors (Lipinski definition) is 1. The molecule has 0 aliphatic heterocycles. The first-order valence-corrected chi connectivity index (χ1v) is 5.45. The number of nitrogens with zero attached hydrogens (tertiary/aromatic N) is 1. The van der Waals surface area contributed by atoms with Gasteiger partial charge in [0, 0.05) is 23.7 Å². The minimum Gasteiger partial charge on any atom is -0.358 e. The van der Waals surface area contributed by atoms with Crippen molar-refractivity contribution in [3.8, 4) is 0 Å². The van der Waals surface area contributed by atoms with Crippen molar-refractivity contribution in [1.29, 1.82) is 0 Å². The predicted octanol–water partition coefficient (Wildman–Crippen LogP) is 2.35. The van der Waals surface area contributed by atoms with E-state index in [1.54, 1.807) is 7.05 Å². The van der Waals surface area contributed by atoms with E-state index >= 15 is 0 Å². The van der Waals surface area contributed by atoms with Crippen LogP contribution < -0.4 is 5.32 Å². The lowest BCUT2D eigenvalue weighted by atomic mass is 10.1. The first-order chi connectivity index (χ1) is 7.61. The van der Waals surface area contributed by atoms with E-state index in [1.165, 1.54) is 0 Å². The van der Waals surface area contributed by atoms with Gasteiger partial charge in [-0.1, -0.05) is 11.6 Å². The molecule has 3 nitrogen and oxygen atoms in total. The maximum Gasteiger partial charge on any atom is 0.239 e. The predicted molar refractivity (Wildman–Crippen MR) is 65.8 cm³/mol. The summed E-state index contributed by atoms with van der Waals surface area (Å²) in [6, 6.07) is 5.81. The van der Waals surface area contributed by atoms with Crippen LogP contribution in [-0.2, 0) is 11.3 Å². The van der Waals surface area contributed by atoms with Gasteiger partial charge in [0.2, 0.25) is 5.91 Å². The zero-order chi connectivity index (χ0) is 11.7. The van der Waals surface area contributed by atoms with Gasteiger partial charge in [-0.05, 0) is 30.7 Å². The Hall–Kier alpha value is -1.48. The fourth-order valence-corrected chi connectivity index (χ4v) is 2.07. The van der Waals surface area contributed by atoms with Crippen molar-refractivity contribution in [2.24, 2.45) is 0 Å². The molecule has 2 rings (SSSR count). The van der Waals surface area contributed by atoms with Crippen molar-refractivity contribution in [3.05, 3.63) is 35.0 Å². The number of carbonyl (C=O) groups excluding carboxylic acids is 1. The molecule has 0 fully saturated rings. The van der Waals surface area contributed by atoms with Crippen molar-refractivity contribution in [1.82, 2.24) is 9.88 Å². The van der Waals surface area contributed by atoms with E-state index in [9.17, 15) is 4.79 Å². The van der Waals surface area contributed by atoms with Gasteiger partial charge in [-0.2, -0.15) is 0 Å². The van der Waals surface area contributed by atoms with Gasteiger partial charge in [0.05, 0.1) is 5.52 Å². The van der Waals surface area contributed by atoms with Gasteiger partial charge in [0.25, 0.3) is 0 Å². The molecule has 1 N–H and O–H groups in total. The van der Waals surface area contributed by atoms with Crippen LogP contribution in [0.2, 0.25) is 5.02 Å². The van der Waals surface area contributed by atoms with E-state index in [0.717, 1.165) is 16.5 Å². The van der Waals surface area contributed by atoms with Crippen LogP contribution in [0, 0.1) is 6.92 Å². The molecule has 0 saturated heterocycles. The topological polar surface area (TPSA) is 34.0 Å². The van der Waals surface area contributed by atoms with Gasteiger partial charge in [-0.3, -0.25) is 4.79 Å². The van der Waals surface area contributed by atoms with Gasteiger partial charge in [-0.25, -0.2) is 0 Å². The normalized spacial score (nSPS) is 10.7. The van der Waals surface area contributed by atoms with Gasteiger partial charge < -0.3 is 9.88 Å². The molecule has 4 heteroatoms. The lowest BCUT2D eigenvalue weighted by molar-refractivity contribution is -0.121. The van der Waals surface area contributed by atoms with E-state index < -0.39 is 0 Å². The van der Waals surface area contributed by atoms with Crippen LogP contribution in [0.5, 0.6) is 0 Å². The van der Waals surface area contributed by atoms with Gasteiger partial charge in [0.1, 0.15) is 6.54 Å². The molecule has 0 aliphatic rings. The molecule has 1 aromatic heterocycles. The Morgan fingerprint density at radius 2 is 2.25 bits per heavy atom. The highest BCUT2D eigenvalue weighted by molar-refractivity contribution is 6.31. The van der Waals surface area contributed by atoms with Crippen molar-refractivity contribution in [2.45, 2.75) is 13.5 Å². The second-order valence-electron chi connectivity index (χ2n) is 3.77. The number of halogens is 1. The first-order valence-electron chi connectivity index (χ1n) is 5.07. The SMILES string of the molecule is CNC(=O)Cn1ccc2c(C)cc(Cl)cc21.